The highest BCUT2D eigenvalue weighted by atomic mass is 79.9. The van der Waals surface area contributed by atoms with Crippen molar-refractivity contribution in [1.29, 1.82) is 0 Å². The summed E-state index contributed by atoms with van der Waals surface area (Å²) in [6.07, 6.45) is 0. The number of fused-ring (bicyclic) bond motifs is 1. The predicted octanol–water partition coefficient (Wildman–Crippen LogP) is 2.31. The minimum Gasteiger partial charge on any atom is -0.309 e. The topological polar surface area (TPSA) is 59.1 Å². The number of halogens is 2. The van der Waals surface area contributed by atoms with E-state index in [2.05, 4.69) is 26.2 Å². The van der Waals surface area contributed by atoms with Crippen LogP contribution in [0.1, 0.15) is 10.5 Å². The van der Waals surface area contributed by atoms with Gasteiger partial charge in [0.05, 0.1) is 16.5 Å². The van der Waals surface area contributed by atoms with Crippen LogP contribution in [0.3, 0.4) is 0 Å². The normalized spacial score (nSPS) is 14.2. The van der Waals surface area contributed by atoms with Gasteiger partial charge < -0.3 is 5.32 Å². The number of carbonyl (C=O) groups is 2. The van der Waals surface area contributed by atoms with E-state index in [0.717, 1.165) is 4.90 Å². The number of hydrogen-bond acceptors (Lipinski definition) is 4. The number of rotatable bonds is 2. The third-order valence-electron chi connectivity index (χ3n) is 1.94. The Morgan fingerprint density at radius 1 is 1.69 bits per heavy atom. The SMILES string of the molecule is O=C1CSc2cc(Br)c(C(=O)CCl)nc2N1. The van der Waals surface area contributed by atoms with Gasteiger partial charge in [-0.3, -0.25) is 9.59 Å². The Morgan fingerprint density at radius 2 is 2.44 bits per heavy atom. The lowest BCUT2D eigenvalue weighted by Crippen LogP contribution is -2.21. The van der Waals surface area contributed by atoms with Crippen molar-refractivity contribution in [3.05, 3.63) is 16.2 Å². The number of thioether (sulfide) groups is 1. The van der Waals surface area contributed by atoms with Crippen LogP contribution in [0, 0.1) is 0 Å². The molecule has 0 fully saturated rings. The Labute approximate surface area is 109 Å². The van der Waals surface area contributed by atoms with Crippen LogP contribution in [-0.4, -0.2) is 28.3 Å². The molecule has 0 unspecified atom stereocenters. The molecule has 84 valence electrons. The van der Waals surface area contributed by atoms with Crippen molar-refractivity contribution >= 4 is 56.8 Å². The fraction of sp³-hybridized carbons (Fsp3) is 0.222. The second kappa shape index (κ2) is 4.73. The molecule has 7 heteroatoms. The second-order valence-corrected chi connectivity index (χ2v) is 5.20. The standard InChI is InChI=1S/C9H6BrClN2O2S/c10-4-1-6-9(12-7(15)3-16-6)13-8(4)5(14)2-11/h1H,2-3H2,(H,12,13,15). The van der Waals surface area contributed by atoms with E-state index in [-0.39, 0.29) is 23.3 Å². The van der Waals surface area contributed by atoms with Crippen LogP contribution in [0.15, 0.2) is 15.4 Å². The molecular formula is C9H6BrClN2O2S. The molecule has 16 heavy (non-hydrogen) atoms. The van der Waals surface area contributed by atoms with E-state index in [1.807, 2.05) is 0 Å². The maximum Gasteiger partial charge on any atom is 0.235 e. The van der Waals surface area contributed by atoms with Crippen molar-refractivity contribution in [2.24, 2.45) is 0 Å². The number of anilines is 1. The first kappa shape index (κ1) is 11.9. The molecule has 4 nitrogen and oxygen atoms in total. The maximum atomic E-state index is 11.5. The van der Waals surface area contributed by atoms with E-state index in [1.165, 1.54) is 11.8 Å². The van der Waals surface area contributed by atoms with Gasteiger partial charge in [0.2, 0.25) is 5.91 Å². The Balaban J connectivity index is 2.46. The van der Waals surface area contributed by atoms with Gasteiger partial charge in [-0.05, 0) is 22.0 Å². The highest BCUT2D eigenvalue weighted by molar-refractivity contribution is 9.10. The van der Waals surface area contributed by atoms with Crippen molar-refractivity contribution in [1.82, 2.24) is 4.98 Å². The summed E-state index contributed by atoms with van der Waals surface area (Å²) in [7, 11) is 0. The van der Waals surface area contributed by atoms with Crippen LogP contribution < -0.4 is 5.32 Å². The fourth-order valence-corrected chi connectivity index (χ4v) is 2.85. The van der Waals surface area contributed by atoms with Crippen molar-refractivity contribution in [2.75, 3.05) is 16.9 Å². The Bertz CT molecular complexity index is 481. The minimum atomic E-state index is -0.277. The van der Waals surface area contributed by atoms with Crippen LogP contribution >= 0.6 is 39.3 Å². The Kier molecular flexibility index (Phi) is 3.51. The Morgan fingerprint density at radius 3 is 3.12 bits per heavy atom. The lowest BCUT2D eigenvalue weighted by Gasteiger charge is -2.16. The first-order valence-electron chi connectivity index (χ1n) is 4.34. The number of ketones is 1. The molecule has 0 saturated heterocycles. The zero-order chi connectivity index (χ0) is 11.7. The summed E-state index contributed by atoms with van der Waals surface area (Å²) in [5.74, 6) is 0.269. The highest BCUT2D eigenvalue weighted by Crippen LogP contribution is 2.33. The van der Waals surface area contributed by atoms with Crippen molar-refractivity contribution in [3.63, 3.8) is 0 Å². The van der Waals surface area contributed by atoms with Crippen LogP contribution in [0.2, 0.25) is 0 Å². The van der Waals surface area contributed by atoms with Crippen molar-refractivity contribution in [3.8, 4) is 0 Å². The van der Waals surface area contributed by atoms with Crippen LogP contribution in [-0.2, 0) is 4.79 Å². The molecule has 0 spiro atoms. The summed E-state index contributed by atoms with van der Waals surface area (Å²) in [4.78, 5) is 27.6. The molecule has 0 radical (unpaired) electrons. The predicted molar refractivity (Wildman–Crippen MR) is 66.3 cm³/mol. The summed E-state index contributed by atoms with van der Waals surface area (Å²) in [5.41, 5.74) is 0.247. The number of carbonyl (C=O) groups excluding carboxylic acids is 2. The van der Waals surface area contributed by atoms with Gasteiger partial charge in [-0.15, -0.1) is 23.4 Å². The number of hydrogen-bond donors (Lipinski definition) is 1. The first-order chi connectivity index (χ1) is 7.61. The highest BCUT2D eigenvalue weighted by Gasteiger charge is 2.21. The molecule has 1 aromatic rings. The van der Waals surface area contributed by atoms with Gasteiger partial charge in [-0.2, -0.15) is 0 Å². The molecular weight excluding hydrogens is 316 g/mol. The summed E-state index contributed by atoms with van der Waals surface area (Å²) in [5, 5.41) is 2.62. The van der Waals surface area contributed by atoms with E-state index < -0.39 is 0 Å². The molecule has 2 rings (SSSR count). The van der Waals surface area contributed by atoms with Gasteiger partial charge in [0, 0.05) is 4.47 Å². The molecule has 1 aromatic heterocycles. The molecule has 1 aliphatic rings. The summed E-state index contributed by atoms with van der Waals surface area (Å²) < 4.78 is 0.598. The molecule has 0 bridgehead atoms. The minimum absolute atomic E-state index is 0.114. The van der Waals surface area contributed by atoms with Gasteiger partial charge in [-0.1, -0.05) is 0 Å². The smallest absolute Gasteiger partial charge is 0.235 e. The van der Waals surface area contributed by atoms with Crippen LogP contribution in [0.4, 0.5) is 5.82 Å². The van der Waals surface area contributed by atoms with Crippen LogP contribution in [0.25, 0.3) is 0 Å². The molecule has 1 amide bonds. The molecule has 2 heterocycles. The number of Topliss-reactive ketones (excluding diaryl/α,β-unsaturated/α-hetero) is 1. The summed E-state index contributed by atoms with van der Waals surface area (Å²) in [6, 6.07) is 1.77. The second-order valence-electron chi connectivity index (χ2n) is 3.06. The summed E-state index contributed by atoms with van der Waals surface area (Å²) in [6.45, 7) is 0. The number of nitrogens with zero attached hydrogens (tertiary/aromatic N) is 1. The Hall–Kier alpha value is -0.590. The van der Waals surface area contributed by atoms with Crippen molar-refractivity contribution in [2.45, 2.75) is 4.90 Å². The van der Waals surface area contributed by atoms with E-state index in [0.29, 0.717) is 16.0 Å². The lowest BCUT2D eigenvalue weighted by atomic mass is 10.2. The van der Waals surface area contributed by atoms with Gasteiger partial charge in [0.15, 0.2) is 5.78 Å². The average Bonchev–Trinajstić information content (AvgIpc) is 2.28. The van der Waals surface area contributed by atoms with Gasteiger partial charge in [0.1, 0.15) is 11.5 Å². The summed E-state index contributed by atoms with van der Waals surface area (Å²) >= 11 is 10.1. The third kappa shape index (κ3) is 2.23. The maximum absolute atomic E-state index is 11.5. The van der Waals surface area contributed by atoms with E-state index in [9.17, 15) is 9.59 Å². The molecule has 0 aliphatic carbocycles. The lowest BCUT2D eigenvalue weighted by molar-refractivity contribution is -0.113. The number of pyridine rings is 1. The number of aromatic nitrogens is 1. The average molecular weight is 322 g/mol. The monoisotopic (exact) mass is 320 g/mol. The number of alkyl halides is 1. The molecule has 1 aliphatic heterocycles. The van der Waals surface area contributed by atoms with Crippen molar-refractivity contribution < 1.29 is 9.59 Å². The quantitative estimate of drug-likeness (QED) is 0.671. The first-order valence-corrected chi connectivity index (χ1v) is 6.65. The largest absolute Gasteiger partial charge is 0.309 e. The van der Waals surface area contributed by atoms with Gasteiger partial charge in [-0.25, -0.2) is 4.98 Å². The molecule has 0 aromatic carbocycles. The molecule has 0 saturated carbocycles. The van der Waals surface area contributed by atoms with E-state index in [4.69, 9.17) is 11.6 Å². The number of nitrogens with one attached hydrogen (secondary N) is 1. The zero-order valence-electron chi connectivity index (χ0n) is 7.92. The fourth-order valence-electron chi connectivity index (χ4n) is 1.24. The van der Waals surface area contributed by atoms with E-state index in [1.54, 1.807) is 6.07 Å². The van der Waals surface area contributed by atoms with Gasteiger partial charge >= 0.3 is 0 Å². The van der Waals surface area contributed by atoms with Gasteiger partial charge in [0.25, 0.3) is 0 Å². The van der Waals surface area contributed by atoms with Crippen LogP contribution in [0.5, 0.6) is 0 Å². The molecule has 1 N–H and O–H groups in total. The zero-order valence-corrected chi connectivity index (χ0v) is 11.1. The molecule has 0 atom stereocenters. The van der Waals surface area contributed by atoms with E-state index >= 15 is 0 Å². The number of amides is 1. The third-order valence-corrected chi connectivity index (χ3v) is 3.82.